The van der Waals surface area contributed by atoms with Crippen LogP contribution in [0.4, 0.5) is 4.39 Å². The van der Waals surface area contributed by atoms with Gasteiger partial charge in [-0.3, -0.25) is 9.59 Å². The molecule has 0 saturated heterocycles. The fraction of sp³-hybridized carbons (Fsp3) is 0.263. The summed E-state index contributed by atoms with van der Waals surface area (Å²) in [5.74, 6) is -1.36. The number of aryl methyl sites for hydroxylation is 1. The summed E-state index contributed by atoms with van der Waals surface area (Å²) < 4.78 is 18.2. The van der Waals surface area contributed by atoms with E-state index in [-0.39, 0.29) is 12.3 Å². The van der Waals surface area contributed by atoms with E-state index in [0.29, 0.717) is 12.1 Å². The molecule has 2 rings (SSSR count). The van der Waals surface area contributed by atoms with Crippen molar-refractivity contribution in [1.82, 2.24) is 5.32 Å². The van der Waals surface area contributed by atoms with Crippen LogP contribution in [0, 0.1) is 12.7 Å². The summed E-state index contributed by atoms with van der Waals surface area (Å²) in [6.07, 6.45) is -0.982. The van der Waals surface area contributed by atoms with E-state index in [0.717, 1.165) is 11.1 Å². The van der Waals surface area contributed by atoms with Crippen LogP contribution in [0.15, 0.2) is 48.5 Å². The van der Waals surface area contributed by atoms with Crippen molar-refractivity contribution >= 4 is 11.9 Å². The maximum atomic E-state index is 13.1. The molecule has 1 atom stereocenters. The van der Waals surface area contributed by atoms with Crippen molar-refractivity contribution in [2.75, 3.05) is 0 Å². The lowest BCUT2D eigenvalue weighted by Crippen LogP contribution is -2.35. The van der Waals surface area contributed by atoms with E-state index in [2.05, 4.69) is 5.32 Å². The van der Waals surface area contributed by atoms with Crippen molar-refractivity contribution in [2.45, 2.75) is 32.9 Å². The molecule has 0 aromatic heterocycles. The Balaban J connectivity index is 1.80. The first-order valence-corrected chi connectivity index (χ1v) is 7.71. The molecular formula is C19H20FNO3. The minimum absolute atomic E-state index is 0.0760. The summed E-state index contributed by atoms with van der Waals surface area (Å²) in [4.78, 5) is 23.8. The van der Waals surface area contributed by atoms with Crippen molar-refractivity contribution in [3.8, 4) is 0 Å². The van der Waals surface area contributed by atoms with Crippen molar-refractivity contribution in [3.63, 3.8) is 0 Å². The normalized spacial score (nSPS) is 11.6. The number of ether oxygens (including phenoxy) is 1. The molecule has 0 bridgehead atoms. The van der Waals surface area contributed by atoms with Crippen LogP contribution >= 0.6 is 0 Å². The number of hydrogen-bond donors (Lipinski definition) is 1. The van der Waals surface area contributed by atoms with E-state index in [1.165, 1.54) is 25.1 Å². The number of esters is 1. The average molecular weight is 329 g/mol. The molecule has 1 N–H and O–H groups in total. The molecule has 0 aliphatic rings. The first kappa shape index (κ1) is 17.7. The Labute approximate surface area is 140 Å². The lowest BCUT2D eigenvalue weighted by molar-refractivity contribution is -0.154. The number of nitrogens with one attached hydrogen (secondary N) is 1. The molecule has 0 heterocycles. The molecule has 0 fully saturated rings. The first-order valence-electron chi connectivity index (χ1n) is 7.71. The van der Waals surface area contributed by atoms with Crippen LogP contribution in [-0.2, 0) is 27.3 Å². The van der Waals surface area contributed by atoms with Gasteiger partial charge in [-0.25, -0.2) is 4.39 Å². The number of carbonyl (C=O) groups excluding carboxylic acids is 2. The second kappa shape index (κ2) is 8.24. The SMILES string of the molecule is Cc1ccc(CNC(=O)[C@@H](C)OC(=O)Cc2cccc(F)c2)cc1. The highest BCUT2D eigenvalue weighted by Crippen LogP contribution is 2.07. The van der Waals surface area contributed by atoms with Gasteiger partial charge in [-0.1, -0.05) is 42.0 Å². The fourth-order valence-electron chi connectivity index (χ4n) is 2.14. The minimum atomic E-state index is -0.906. The van der Waals surface area contributed by atoms with E-state index < -0.39 is 17.9 Å². The topological polar surface area (TPSA) is 55.4 Å². The zero-order valence-corrected chi connectivity index (χ0v) is 13.7. The van der Waals surface area contributed by atoms with Gasteiger partial charge in [0.1, 0.15) is 5.82 Å². The van der Waals surface area contributed by atoms with Gasteiger partial charge in [0.15, 0.2) is 6.10 Å². The predicted octanol–water partition coefficient (Wildman–Crippen LogP) is 2.92. The highest BCUT2D eigenvalue weighted by Gasteiger charge is 2.17. The number of rotatable bonds is 6. The zero-order chi connectivity index (χ0) is 17.5. The Morgan fingerprint density at radius 1 is 1.12 bits per heavy atom. The van der Waals surface area contributed by atoms with Gasteiger partial charge < -0.3 is 10.1 Å². The largest absolute Gasteiger partial charge is 0.452 e. The summed E-state index contributed by atoms with van der Waals surface area (Å²) in [6.45, 7) is 3.86. The molecule has 0 spiro atoms. The van der Waals surface area contributed by atoms with Crippen LogP contribution in [0.3, 0.4) is 0 Å². The third kappa shape index (κ3) is 5.50. The number of amides is 1. The number of benzene rings is 2. The van der Waals surface area contributed by atoms with Gasteiger partial charge in [0.2, 0.25) is 0 Å². The third-order valence-electron chi connectivity index (χ3n) is 3.50. The maximum Gasteiger partial charge on any atom is 0.311 e. The van der Waals surface area contributed by atoms with Gasteiger partial charge in [0, 0.05) is 6.54 Å². The standard InChI is InChI=1S/C19H20FNO3/c1-13-6-8-15(9-7-13)12-21-19(23)14(2)24-18(22)11-16-4-3-5-17(20)10-16/h3-10,14H,11-12H2,1-2H3,(H,21,23)/t14-/m1/s1. The summed E-state index contributed by atoms with van der Waals surface area (Å²) >= 11 is 0. The molecule has 0 saturated carbocycles. The highest BCUT2D eigenvalue weighted by atomic mass is 19.1. The Hall–Kier alpha value is -2.69. The summed E-state index contributed by atoms with van der Waals surface area (Å²) in [7, 11) is 0. The molecule has 4 nitrogen and oxygen atoms in total. The van der Waals surface area contributed by atoms with Crippen molar-refractivity contribution in [2.24, 2.45) is 0 Å². The lowest BCUT2D eigenvalue weighted by atomic mass is 10.1. The summed E-state index contributed by atoms with van der Waals surface area (Å²) in [5.41, 5.74) is 2.62. The molecule has 2 aromatic rings. The summed E-state index contributed by atoms with van der Waals surface area (Å²) in [6, 6.07) is 13.5. The smallest absolute Gasteiger partial charge is 0.311 e. The van der Waals surface area contributed by atoms with Gasteiger partial charge in [-0.2, -0.15) is 0 Å². The van der Waals surface area contributed by atoms with Gasteiger partial charge in [-0.05, 0) is 37.1 Å². The van der Waals surface area contributed by atoms with Crippen LogP contribution in [0.1, 0.15) is 23.6 Å². The fourth-order valence-corrected chi connectivity index (χ4v) is 2.14. The Morgan fingerprint density at radius 3 is 2.50 bits per heavy atom. The molecular weight excluding hydrogens is 309 g/mol. The first-order chi connectivity index (χ1) is 11.4. The predicted molar refractivity (Wildman–Crippen MR) is 88.7 cm³/mol. The molecule has 0 unspecified atom stereocenters. The second-order valence-electron chi connectivity index (χ2n) is 5.64. The van der Waals surface area contributed by atoms with Crippen molar-refractivity contribution in [1.29, 1.82) is 0 Å². The van der Waals surface area contributed by atoms with Crippen molar-refractivity contribution < 1.29 is 18.7 Å². The summed E-state index contributed by atoms with van der Waals surface area (Å²) in [5, 5.41) is 2.72. The lowest BCUT2D eigenvalue weighted by Gasteiger charge is -2.13. The van der Waals surface area contributed by atoms with Crippen LogP contribution < -0.4 is 5.32 Å². The highest BCUT2D eigenvalue weighted by molar-refractivity contribution is 5.83. The van der Waals surface area contributed by atoms with Crippen LogP contribution in [0.2, 0.25) is 0 Å². The number of carbonyl (C=O) groups is 2. The monoisotopic (exact) mass is 329 g/mol. The zero-order valence-electron chi connectivity index (χ0n) is 13.7. The number of hydrogen-bond acceptors (Lipinski definition) is 3. The molecule has 2 aromatic carbocycles. The van der Waals surface area contributed by atoms with Crippen LogP contribution in [-0.4, -0.2) is 18.0 Å². The van der Waals surface area contributed by atoms with Crippen molar-refractivity contribution in [3.05, 3.63) is 71.0 Å². The molecule has 5 heteroatoms. The van der Waals surface area contributed by atoms with Gasteiger partial charge in [-0.15, -0.1) is 0 Å². The molecule has 126 valence electrons. The third-order valence-corrected chi connectivity index (χ3v) is 3.50. The molecule has 24 heavy (non-hydrogen) atoms. The van der Waals surface area contributed by atoms with E-state index in [4.69, 9.17) is 4.74 Å². The molecule has 0 aliphatic carbocycles. The quantitative estimate of drug-likeness (QED) is 0.829. The van der Waals surface area contributed by atoms with Gasteiger partial charge >= 0.3 is 5.97 Å². The van der Waals surface area contributed by atoms with E-state index in [1.54, 1.807) is 6.07 Å². The average Bonchev–Trinajstić information content (AvgIpc) is 2.53. The molecule has 1 amide bonds. The van der Waals surface area contributed by atoms with Gasteiger partial charge in [0.25, 0.3) is 5.91 Å². The molecule has 0 aliphatic heterocycles. The van der Waals surface area contributed by atoms with E-state index >= 15 is 0 Å². The Morgan fingerprint density at radius 2 is 1.83 bits per heavy atom. The Bertz CT molecular complexity index is 713. The van der Waals surface area contributed by atoms with Crippen LogP contribution in [0.5, 0.6) is 0 Å². The van der Waals surface area contributed by atoms with Crippen LogP contribution in [0.25, 0.3) is 0 Å². The van der Waals surface area contributed by atoms with E-state index in [1.807, 2.05) is 31.2 Å². The Kier molecular flexibility index (Phi) is 6.07. The number of halogens is 1. The molecule has 0 radical (unpaired) electrons. The second-order valence-corrected chi connectivity index (χ2v) is 5.64. The van der Waals surface area contributed by atoms with E-state index in [9.17, 15) is 14.0 Å². The minimum Gasteiger partial charge on any atom is -0.452 e. The maximum absolute atomic E-state index is 13.1. The van der Waals surface area contributed by atoms with Gasteiger partial charge in [0.05, 0.1) is 6.42 Å².